The van der Waals surface area contributed by atoms with Crippen LogP contribution in [0.2, 0.25) is 0 Å². The van der Waals surface area contributed by atoms with Crippen LogP contribution in [-0.2, 0) is 9.59 Å². The molecule has 2 aromatic rings. The highest BCUT2D eigenvalue weighted by Crippen LogP contribution is 2.32. The van der Waals surface area contributed by atoms with Crippen molar-refractivity contribution in [2.24, 2.45) is 0 Å². The molecule has 3 rings (SSSR count). The van der Waals surface area contributed by atoms with Crippen LogP contribution >= 0.6 is 11.8 Å². The van der Waals surface area contributed by atoms with E-state index in [2.05, 4.69) is 25.8 Å². The number of H-pyrrole nitrogens is 1. The number of hydrogen-bond donors (Lipinski definition) is 3. The highest BCUT2D eigenvalue weighted by Gasteiger charge is 2.30. The minimum absolute atomic E-state index is 0.0114. The zero-order valence-corrected chi connectivity index (χ0v) is 12.8. The molecule has 0 bridgehead atoms. The summed E-state index contributed by atoms with van der Waals surface area (Å²) in [6, 6.07) is 4.03. The van der Waals surface area contributed by atoms with E-state index < -0.39 is 11.7 Å². The lowest BCUT2D eigenvalue weighted by Crippen LogP contribution is -2.36. The number of aromatic nitrogens is 3. The van der Waals surface area contributed by atoms with Crippen LogP contribution < -0.4 is 10.6 Å². The topological polar surface area (TPSA) is 99.8 Å². The number of halogens is 1. The molecule has 1 aromatic carbocycles. The minimum Gasteiger partial charge on any atom is -0.355 e. The van der Waals surface area contributed by atoms with Crippen molar-refractivity contribution in [3.63, 3.8) is 0 Å². The summed E-state index contributed by atoms with van der Waals surface area (Å²) < 4.78 is 13.4. The second-order valence-electron chi connectivity index (χ2n) is 4.97. The zero-order valence-electron chi connectivity index (χ0n) is 12.0. The average Bonchev–Trinajstić information content (AvgIpc) is 3.04. The molecule has 1 aliphatic rings. The van der Waals surface area contributed by atoms with Crippen molar-refractivity contribution >= 4 is 29.3 Å². The molecule has 1 aromatic heterocycles. The first-order valence-electron chi connectivity index (χ1n) is 6.98. The number of anilines is 1. The van der Waals surface area contributed by atoms with Gasteiger partial charge in [0.2, 0.25) is 11.8 Å². The van der Waals surface area contributed by atoms with Gasteiger partial charge in [0.05, 0.1) is 5.92 Å². The third-order valence-electron chi connectivity index (χ3n) is 3.40. The van der Waals surface area contributed by atoms with E-state index in [9.17, 15) is 14.0 Å². The molecule has 0 unspecified atom stereocenters. The molecule has 0 saturated heterocycles. The molecule has 2 amide bonds. The van der Waals surface area contributed by atoms with E-state index in [1.54, 1.807) is 0 Å². The van der Waals surface area contributed by atoms with Crippen LogP contribution in [0.15, 0.2) is 29.7 Å². The van der Waals surface area contributed by atoms with Gasteiger partial charge in [0.1, 0.15) is 12.1 Å². The number of nitrogens with zero attached hydrogens (tertiary/aromatic N) is 2. The number of carbonyl (C=O) groups excluding carboxylic acids is 2. The fourth-order valence-electron chi connectivity index (χ4n) is 2.38. The largest absolute Gasteiger partial charge is 0.355 e. The second-order valence-corrected chi connectivity index (χ2v) is 6.05. The first kappa shape index (κ1) is 15.5. The number of hydrogen-bond acceptors (Lipinski definition) is 5. The lowest BCUT2D eigenvalue weighted by atomic mass is 9.89. The van der Waals surface area contributed by atoms with E-state index >= 15 is 0 Å². The Morgan fingerprint density at radius 3 is 3.13 bits per heavy atom. The zero-order chi connectivity index (χ0) is 16.2. The fraction of sp³-hybridized carbons (Fsp3) is 0.286. The summed E-state index contributed by atoms with van der Waals surface area (Å²) in [5.41, 5.74) is 0.990. The molecule has 2 heterocycles. The van der Waals surface area contributed by atoms with Gasteiger partial charge in [-0.3, -0.25) is 14.7 Å². The molecule has 120 valence electrons. The predicted molar refractivity (Wildman–Crippen MR) is 82.5 cm³/mol. The van der Waals surface area contributed by atoms with Crippen LogP contribution in [-0.4, -0.2) is 39.3 Å². The Labute approximate surface area is 135 Å². The van der Waals surface area contributed by atoms with Gasteiger partial charge in [-0.25, -0.2) is 9.37 Å². The van der Waals surface area contributed by atoms with Crippen molar-refractivity contribution in [1.29, 1.82) is 0 Å². The Bertz CT molecular complexity index is 722. The van der Waals surface area contributed by atoms with Crippen LogP contribution in [0.3, 0.4) is 0 Å². The van der Waals surface area contributed by atoms with E-state index in [4.69, 9.17) is 0 Å². The number of amides is 2. The Kier molecular flexibility index (Phi) is 4.56. The van der Waals surface area contributed by atoms with Crippen LogP contribution in [0.1, 0.15) is 17.9 Å². The van der Waals surface area contributed by atoms with E-state index in [-0.39, 0.29) is 18.2 Å². The molecular weight excluding hydrogens is 321 g/mol. The Morgan fingerprint density at radius 2 is 2.35 bits per heavy atom. The Balaban J connectivity index is 1.61. The number of thioether (sulfide) groups is 1. The molecular formula is C14H14FN5O2S. The monoisotopic (exact) mass is 335 g/mol. The number of rotatable bonds is 5. The second kappa shape index (κ2) is 6.78. The maximum atomic E-state index is 13.4. The molecule has 0 spiro atoms. The van der Waals surface area contributed by atoms with Crippen LogP contribution in [0.25, 0.3) is 0 Å². The molecule has 0 aliphatic carbocycles. The standard InChI is InChI=1S/C14H14FN5O2S/c15-8-1-2-11-9(5-8)10(6-12(21)19-11)13(22)16-3-4-23-14-17-7-18-20-14/h1-2,5,7,10H,3-4,6H2,(H,16,22)(H,19,21)(H,17,18,20)/t10-/m1/s1. The van der Waals surface area contributed by atoms with Gasteiger partial charge in [-0.2, -0.15) is 5.10 Å². The van der Waals surface area contributed by atoms with Gasteiger partial charge in [0.15, 0.2) is 5.16 Å². The molecule has 0 fully saturated rings. The van der Waals surface area contributed by atoms with Gasteiger partial charge in [-0.15, -0.1) is 0 Å². The lowest BCUT2D eigenvalue weighted by molar-refractivity contribution is -0.126. The highest BCUT2D eigenvalue weighted by molar-refractivity contribution is 7.99. The summed E-state index contributed by atoms with van der Waals surface area (Å²) in [5, 5.41) is 12.5. The smallest absolute Gasteiger partial charge is 0.228 e. The van der Waals surface area contributed by atoms with E-state index in [0.717, 1.165) is 0 Å². The van der Waals surface area contributed by atoms with E-state index in [1.165, 1.54) is 36.3 Å². The SMILES string of the molecule is O=C1C[C@@H](C(=O)NCCSc2ncn[nH]2)c2cc(F)ccc2N1. The summed E-state index contributed by atoms with van der Waals surface area (Å²) in [7, 11) is 0. The summed E-state index contributed by atoms with van der Waals surface area (Å²) in [6.45, 7) is 0.410. The minimum atomic E-state index is -0.676. The third kappa shape index (κ3) is 3.67. The number of fused-ring (bicyclic) bond motifs is 1. The molecule has 3 N–H and O–H groups in total. The maximum Gasteiger partial charge on any atom is 0.228 e. The first-order chi connectivity index (χ1) is 11.1. The molecule has 23 heavy (non-hydrogen) atoms. The molecule has 0 radical (unpaired) electrons. The van der Waals surface area contributed by atoms with Crippen LogP contribution in [0.5, 0.6) is 0 Å². The molecule has 9 heteroatoms. The number of nitrogens with one attached hydrogen (secondary N) is 3. The van der Waals surface area contributed by atoms with Crippen molar-refractivity contribution < 1.29 is 14.0 Å². The number of benzene rings is 1. The number of carbonyl (C=O) groups is 2. The first-order valence-corrected chi connectivity index (χ1v) is 7.97. The van der Waals surface area contributed by atoms with Gasteiger partial charge in [0.25, 0.3) is 0 Å². The third-order valence-corrected chi connectivity index (χ3v) is 4.28. The Hall–Kier alpha value is -2.42. The molecule has 0 saturated carbocycles. The van der Waals surface area contributed by atoms with Crippen LogP contribution in [0, 0.1) is 5.82 Å². The summed E-state index contributed by atoms with van der Waals surface area (Å²) >= 11 is 1.42. The highest BCUT2D eigenvalue weighted by atomic mass is 32.2. The summed E-state index contributed by atoms with van der Waals surface area (Å²) in [5.74, 6) is -1.04. The maximum absolute atomic E-state index is 13.4. The average molecular weight is 335 g/mol. The van der Waals surface area contributed by atoms with Crippen molar-refractivity contribution in [2.45, 2.75) is 17.5 Å². The van der Waals surface area contributed by atoms with E-state index in [0.29, 0.717) is 28.7 Å². The van der Waals surface area contributed by atoms with Gasteiger partial charge in [-0.1, -0.05) is 11.8 Å². The lowest BCUT2D eigenvalue weighted by Gasteiger charge is -2.24. The number of aromatic amines is 1. The van der Waals surface area contributed by atoms with Crippen molar-refractivity contribution in [3.8, 4) is 0 Å². The van der Waals surface area contributed by atoms with Gasteiger partial charge in [0, 0.05) is 24.4 Å². The predicted octanol–water partition coefficient (Wildman–Crippen LogP) is 1.28. The summed E-state index contributed by atoms with van der Waals surface area (Å²) in [6.07, 6.45) is 1.42. The van der Waals surface area contributed by atoms with E-state index in [1.807, 2.05) is 0 Å². The van der Waals surface area contributed by atoms with Crippen LogP contribution in [0.4, 0.5) is 10.1 Å². The van der Waals surface area contributed by atoms with Gasteiger partial charge in [-0.05, 0) is 23.8 Å². The van der Waals surface area contributed by atoms with Gasteiger partial charge >= 0.3 is 0 Å². The summed E-state index contributed by atoms with van der Waals surface area (Å²) in [4.78, 5) is 28.0. The Morgan fingerprint density at radius 1 is 1.48 bits per heavy atom. The quantitative estimate of drug-likeness (QED) is 0.564. The fourth-order valence-corrected chi connectivity index (χ4v) is 3.01. The van der Waals surface area contributed by atoms with Crippen molar-refractivity contribution in [3.05, 3.63) is 35.9 Å². The normalized spacial score (nSPS) is 16.6. The molecule has 7 nitrogen and oxygen atoms in total. The van der Waals surface area contributed by atoms with Crippen molar-refractivity contribution in [1.82, 2.24) is 20.5 Å². The van der Waals surface area contributed by atoms with Gasteiger partial charge < -0.3 is 10.6 Å². The van der Waals surface area contributed by atoms with Crippen molar-refractivity contribution in [2.75, 3.05) is 17.6 Å². The molecule has 1 aliphatic heterocycles. The molecule has 1 atom stereocenters.